The average molecular weight is 328 g/mol. The number of carbonyl (C=O) groups excluding carboxylic acids is 1. The third-order valence-electron chi connectivity index (χ3n) is 4.92. The maximum Gasteiger partial charge on any atom is 0.220 e. The van der Waals surface area contributed by atoms with Crippen LogP contribution in [0.15, 0.2) is 42.6 Å². The number of rotatable bonds is 5. The molecule has 4 heteroatoms. The molecular weight excluding hydrogens is 303 g/mol. The highest BCUT2D eigenvalue weighted by atomic mass is 19.1. The van der Waals surface area contributed by atoms with E-state index in [0.717, 1.165) is 24.1 Å². The molecule has 3 rings (SSSR count). The van der Waals surface area contributed by atoms with Crippen LogP contribution in [0.25, 0.3) is 0 Å². The van der Waals surface area contributed by atoms with Crippen LogP contribution in [-0.2, 0) is 17.9 Å². The maximum absolute atomic E-state index is 13.4. The van der Waals surface area contributed by atoms with Gasteiger partial charge in [-0.15, -0.1) is 0 Å². The van der Waals surface area contributed by atoms with Gasteiger partial charge >= 0.3 is 0 Å². The van der Waals surface area contributed by atoms with Gasteiger partial charge in [-0.05, 0) is 42.7 Å². The molecule has 0 N–H and O–H groups in total. The molecular formula is C20H25FN2O. The van der Waals surface area contributed by atoms with E-state index in [1.54, 1.807) is 19.1 Å². The highest BCUT2D eigenvalue weighted by molar-refractivity contribution is 5.73. The van der Waals surface area contributed by atoms with Gasteiger partial charge in [-0.25, -0.2) is 4.39 Å². The highest BCUT2D eigenvalue weighted by Gasteiger charge is 2.24. The van der Waals surface area contributed by atoms with Crippen LogP contribution < -0.4 is 0 Å². The zero-order valence-electron chi connectivity index (χ0n) is 14.2. The third kappa shape index (κ3) is 4.05. The minimum Gasteiger partial charge on any atom is -0.345 e. The molecule has 0 bridgehead atoms. The molecule has 0 spiro atoms. The Balaban J connectivity index is 1.74. The van der Waals surface area contributed by atoms with Gasteiger partial charge in [-0.2, -0.15) is 0 Å². The van der Waals surface area contributed by atoms with E-state index < -0.39 is 0 Å². The van der Waals surface area contributed by atoms with Crippen LogP contribution in [0.3, 0.4) is 0 Å². The average Bonchev–Trinajstić information content (AvgIpc) is 3.00. The van der Waals surface area contributed by atoms with Gasteiger partial charge in [0.2, 0.25) is 5.91 Å². The molecule has 1 heterocycles. The lowest BCUT2D eigenvalue weighted by molar-refractivity contribution is -0.132. The first-order chi connectivity index (χ1) is 11.6. The second kappa shape index (κ2) is 7.65. The van der Waals surface area contributed by atoms with Crippen molar-refractivity contribution in [2.75, 3.05) is 0 Å². The normalized spacial score (nSPS) is 15.4. The molecule has 0 aliphatic heterocycles. The van der Waals surface area contributed by atoms with Crippen LogP contribution in [0.5, 0.6) is 0 Å². The molecule has 1 aromatic carbocycles. The Labute approximate surface area is 143 Å². The first-order valence-corrected chi connectivity index (χ1v) is 8.79. The van der Waals surface area contributed by atoms with E-state index in [4.69, 9.17) is 0 Å². The summed E-state index contributed by atoms with van der Waals surface area (Å²) in [6.07, 6.45) is 7.89. The van der Waals surface area contributed by atoms with Gasteiger partial charge in [0.15, 0.2) is 0 Å². The fourth-order valence-electron chi connectivity index (χ4n) is 3.64. The quantitative estimate of drug-likeness (QED) is 0.801. The Kier molecular flexibility index (Phi) is 5.34. The summed E-state index contributed by atoms with van der Waals surface area (Å²) in [6, 6.07) is 11.1. The van der Waals surface area contributed by atoms with Crippen molar-refractivity contribution in [3.05, 3.63) is 59.7 Å². The van der Waals surface area contributed by atoms with Crippen LogP contribution >= 0.6 is 0 Å². The monoisotopic (exact) mass is 328 g/mol. The molecule has 24 heavy (non-hydrogen) atoms. The molecule has 0 saturated heterocycles. The Bertz CT molecular complexity index is 688. The molecule has 3 nitrogen and oxygen atoms in total. The Hall–Kier alpha value is -2.10. The minimum absolute atomic E-state index is 0.139. The van der Waals surface area contributed by atoms with Crippen molar-refractivity contribution in [2.45, 2.75) is 58.2 Å². The van der Waals surface area contributed by atoms with E-state index in [-0.39, 0.29) is 11.7 Å². The summed E-state index contributed by atoms with van der Waals surface area (Å²) in [7, 11) is 0. The van der Waals surface area contributed by atoms with Crippen molar-refractivity contribution in [1.82, 2.24) is 9.47 Å². The van der Waals surface area contributed by atoms with Gasteiger partial charge in [0.25, 0.3) is 0 Å². The molecule has 1 aliphatic rings. The number of carbonyl (C=O) groups is 1. The molecule has 1 fully saturated rings. The second-order valence-electron chi connectivity index (χ2n) is 6.70. The smallest absolute Gasteiger partial charge is 0.220 e. The summed E-state index contributed by atoms with van der Waals surface area (Å²) >= 11 is 0. The van der Waals surface area contributed by atoms with Gasteiger partial charge in [-0.1, -0.05) is 31.4 Å². The predicted octanol–water partition coefficient (Wildman–Crippen LogP) is 4.36. The summed E-state index contributed by atoms with van der Waals surface area (Å²) in [5.41, 5.74) is 2.03. The Morgan fingerprint density at radius 2 is 2.00 bits per heavy atom. The Morgan fingerprint density at radius 3 is 2.71 bits per heavy atom. The molecule has 1 aliphatic carbocycles. The fourth-order valence-corrected chi connectivity index (χ4v) is 3.64. The second-order valence-corrected chi connectivity index (χ2v) is 6.70. The van der Waals surface area contributed by atoms with E-state index in [2.05, 4.69) is 10.6 Å². The fraction of sp³-hybridized carbons (Fsp3) is 0.450. The summed E-state index contributed by atoms with van der Waals surface area (Å²) in [4.78, 5) is 14.2. The van der Waals surface area contributed by atoms with Crippen LogP contribution in [0.1, 0.15) is 50.3 Å². The summed E-state index contributed by atoms with van der Waals surface area (Å²) < 4.78 is 15.5. The van der Waals surface area contributed by atoms with Crippen molar-refractivity contribution < 1.29 is 9.18 Å². The molecule has 128 valence electrons. The van der Waals surface area contributed by atoms with E-state index >= 15 is 0 Å². The largest absolute Gasteiger partial charge is 0.345 e. The maximum atomic E-state index is 13.4. The number of nitrogens with zero attached hydrogens (tertiary/aromatic N) is 2. The molecule has 0 unspecified atom stereocenters. The number of amides is 1. The van der Waals surface area contributed by atoms with Crippen molar-refractivity contribution in [1.29, 1.82) is 0 Å². The Morgan fingerprint density at radius 1 is 1.21 bits per heavy atom. The van der Waals surface area contributed by atoms with Gasteiger partial charge in [0.1, 0.15) is 5.82 Å². The van der Waals surface area contributed by atoms with Crippen molar-refractivity contribution in [3.8, 4) is 0 Å². The lowest BCUT2D eigenvalue weighted by atomic mass is 9.94. The number of aromatic nitrogens is 1. The van der Waals surface area contributed by atoms with Gasteiger partial charge < -0.3 is 9.47 Å². The van der Waals surface area contributed by atoms with Crippen LogP contribution in [-0.4, -0.2) is 21.4 Å². The number of halogens is 1. The lowest BCUT2D eigenvalue weighted by Gasteiger charge is -2.34. The SMILES string of the molecule is CC(=O)N(Cc1cccn1Cc1cccc(F)c1)C1CCCCC1. The van der Waals surface area contributed by atoms with Crippen molar-refractivity contribution >= 4 is 5.91 Å². The highest BCUT2D eigenvalue weighted by Crippen LogP contribution is 2.24. The summed E-state index contributed by atoms with van der Waals surface area (Å²) in [5, 5.41) is 0. The summed E-state index contributed by atoms with van der Waals surface area (Å²) in [5.74, 6) is -0.0748. The van der Waals surface area contributed by atoms with E-state index in [9.17, 15) is 9.18 Å². The predicted molar refractivity (Wildman–Crippen MR) is 93.0 cm³/mol. The third-order valence-corrected chi connectivity index (χ3v) is 4.92. The van der Waals surface area contributed by atoms with Gasteiger partial charge in [-0.3, -0.25) is 4.79 Å². The summed E-state index contributed by atoms with van der Waals surface area (Å²) in [6.45, 7) is 2.91. The number of benzene rings is 1. The van der Waals surface area contributed by atoms with Crippen LogP contribution in [0, 0.1) is 5.82 Å². The standard InChI is InChI=1S/C20H25FN2O/c1-16(24)23(19-9-3-2-4-10-19)15-20-11-6-12-22(20)14-17-7-5-8-18(21)13-17/h5-8,11-13,19H,2-4,9-10,14-15H2,1H3. The van der Waals surface area contributed by atoms with E-state index in [1.165, 1.54) is 25.3 Å². The molecule has 0 atom stereocenters. The van der Waals surface area contributed by atoms with Crippen LogP contribution in [0.2, 0.25) is 0 Å². The van der Waals surface area contributed by atoms with Gasteiger partial charge in [0, 0.05) is 31.4 Å². The first-order valence-electron chi connectivity index (χ1n) is 8.79. The first kappa shape index (κ1) is 16.7. The molecule has 2 aromatic rings. The zero-order valence-corrected chi connectivity index (χ0v) is 14.2. The molecule has 1 aromatic heterocycles. The topological polar surface area (TPSA) is 25.2 Å². The van der Waals surface area contributed by atoms with Crippen LogP contribution in [0.4, 0.5) is 4.39 Å². The van der Waals surface area contributed by atoms with E-state index in [0.29, 0.717) is 19.1 Å². The minimum atomic E-state index is -0.214. The molecule has 0 radical (unpaired) electrons. The zero-order chi connectivity index (χ0) is 16.9. The molecule has 1 saturated carbocycles. The lowest BCUT2D eigenvalue weighted by Crippen LogP contribution is -2.40. The van der Waals surface area contributed by atoms with Crippen molar-refractivity contribution in [3.63, 3.8) is 0 Å². The molecule has 1 amide bonds. The van der Waals surface area contributed by atoms with E-state index in [1.807, 2.05) is 23.2 Å². The van der Waals surface area contributed by atoms with Gasteiger partial charge in [0.05, 0.1) is 6.54 Å². The number of hydrogen-bond acceptors (Lipinski definition) is 1. The van der Waals surface area contributed by atoms with Crippen molar-refractivity contribution in [2.24, 2.45) is 0 Å². The number of hydrogen-bond donors (Lipinski definition) is 0.